The fraction of sp³-hybridized carbons (Fsp3) is 0.684. The number of piperidine rings is 1. The van der Waals surface area contributed by atoms with Gasteiger partial charge in [0.15, 0.2) is 0 Å². The molecule has 0 radical (unpaired) electrons. The first-order valence-corrected chi connectivity index (χ1v) is 10.8. The van der Waals surface area contributed by atoms with E-state index in [1.54, 1.807) is 16.4 Å². The summed E-state index contributed by atoms with van der Waals surface area (Å²) < 4.78 is 37.7. The van der Waals surface area contributed by atoms with Crippen LogP contribution >= 0.6 is 11.3 Å². The quantitative estimate of drug-likeness (QED) is 0.763. The van der Waals surface area contributed by atoms with Gasteiger partial charge in [0.2, 0.25) is 0 Å². The largest absolute Gasteiger partial charge is 0.490 e. The van der Waals surface area contributed by atoms with Crippen molar-refractivity contribution in [1.82, 2.24) is 9.96 Å². The van der Waals surface area contributed by atoms with E-state index in [0.717, 1.165) is 52.0 Å². The fourth-order valence-electron chi connectivity index (χ4n) is 4.04. The Morgan fingerprint density at radius 3 is 2.60 bits per heavy atom. The van der Waals surface area contributed by atoms with Gasteiger partial charge >= 0.3 is 12.1 Å². The number of likely N-dealkylation sites (tertiary alicyclic amines) is 1. The molecule has 0 spiro atoms. The Balaban J connectivity index is 0.000000318. The average Bonchev–Trinajstić information content (AvgIpc) is 3.39. The van der Waals surface area contributed by atoms with Gasteiger partial charge in [-0.2, -0.15) is 24.5 Å². The summed E-state index contributed by atoms with van der Waals surface area (Å²) in [5.74, 6) is -2.23. The van der Waals surface area contributed by atoms with Crippen LogP contribution in [0.3, 0.4) is 0 Å². The van der Waals surface area contributed by atoms with Gasteiger partial charge in [0.1, 0.15) is 0 Å². The molecule has 3 fully saturated rings. The zero-order valence-electron chi connectivity index (χ0n) is 16.3. The number of hydrogen-bond donors (Lipinski definition) is 1. The number of hydroxylamine groups is 2. The number of ether oxygens (including phenoxy) is 1. The first-order chi connectivity index (χ1) is 14.3. The Morgan fingerprint density at radius 1 is 1.23 bits per heavy atom. The second-order valence-corrected chi connectivity index (χ2v) is 8.36. The zero-order valence-corrected chi connectivity index (χ0v) is 17.2. The monoisotopic (exact) mass is 450 g/mol. The van der Waals surface area contributed by atoms with Crippen molar-refractivity contribution in [3.8, 4) is 0 Å². The van der Waals surface area contributed by atoms with Gasteiger partial charge < -0.3 is 9.84 Å². The Bertz CT molecular complexity index is 710. The Morgan fingerprint density at radius 2 is 2.00 bits per heavy atom. The second kappa shape index (κ2) is 10.1. The van der Waals surface area contributed by atoms with Crippen LogP contribution in [0, 0.1) is 11.8 Å². The highest BCUT2D eigenvalue weighted by molar-refractivity contribution is 7.07. The molecular formula is C19H25F3N2O5S. The van der Waals surface area contributed by atoms with Gasteiger partial charge in [-0.25, -0.2) is 9.86 Å². The summed E-state index contributed by atoms with van der Waals surface area (Å²) >= 11 is 1.72. The van der Waals surface area contributed by atoms with Crippen LogP contribution < -0.4 is 0 Å². The molecule has 4 rings (SSSR count). The highest BCUT2D eigenvalue weighted by Crippen LogP contribution is 2.35. The van der Waals surface area contributed by atoms with E-state index < -0.39 is 12.1 Å². The van der Waals surface area contributed by atoms with Crippen molar-refractivity contribution in [2.45, 2.75) is 38.1 Å². The molecule has 1 amide bonds. The van der Waals surface area contributed by atoms with E-state index in [-0.39, 0.29) is 17.9 Å². The third-order valence-electron chi connectivity index (χ3n) is 5.46. The second-order valence-electron chi connectivity index (χ2n) is 7.58. The maximum Gasteiger partial charge on any atom is 0.490 e. The van der Waals surface area contributed by atoms with Crippen LogP contribution in [0.4, 0.5) is 13.2 Å². The number of aliphatic carboxylic acids is 1. The number of alkyl halides is 3. The molecule has 1 N–H and O–H groups in total. The maximum absolute atomic E-state index is 13.0. The van der Waals surface area contributed by atoms with Crippen molar-refractivity contribution >= 4 is 23.2 Å². The van der Waals surface area contributed by atoms with Crippen LogP contribution in [0.15, 0.2) is 16.8 Å². The van der Waals surface area contributed by atoms with E-state index in [2.05, 4.69) is 21.7 Å². The molecule has 1 aromatic heterocycles. The van der Waals surface area contributed by atoms with Crippen LogP contribution in [0.2, 0.25) is 0 Å². The number of halogens is 3. The standard InChI is InChI=1S/C17H24N2O3S.C2HF3O2/c20-17(19-5-1-2-6-22-19)15-10-18(9-13-4-8-23-12-13)11-16-14(15)3-7-21-16;3-2(4,5)1(6)7/h4,8,12,14-16H,1-3,5-7,9-11H2;(H,6,7)/t14-,15-,16+;/m0./s1. The maximum atomic E-state index is 13.0. The van der Waals surface area contributed by atoms with Crippen molar-refractivity contribution in [3.63, 3.8) is 0 Å². The lowest BCUT2D eigenvalue weighted by Gasteiger charge is -2.41. The number of carbonyl (C=O) groups excluding carboxylic acids is 1. The SMILES string of the molecule is O=C(O)C(F)(F)F.O=C([C@H]1CN(Cc2ccsc2)C[C@H]2OCC[C@@H]12)N1CCCCO1. The molecule has 3 aliphatic rings. The molecule has 168 valence electrons. The predicted molar refractivity (Wildman–Crippen MR) is 102 cm³/mol. The molecule has 30 heavy (non-hydrogen) atoms. The number of nitrogens with zero attached hydrogens (tertiary/aromatic N) is 2. The molecule has 1 aromatic rings. The molecule has 7 nitrogen and oxygen atoms in total. The van der Waals surface area contributed by atoms with E-state index in [0.29, 0.717) is 12.5 Å². The van der Waals surface area contributed by atoms with Gasteiger partial charge in [0, 0.05) is 38.7 Å². The van der Waals surface area contributed by atoms with E-state index in [1.165, 1.54) is 5.56 Å². The van der Waals surface area contributed by atoms with E-state index in [4.69, 9.17) is 19.5 Å². The minimum absolute atomic E-state index is 0.00739. The van der Waals surface area contributed by atoms with Gasteiger partial charge in [0.25, 0.3) is 5.91 Å². The van der Waals surface area contributed by atoms with Gasteiger partial charge in [-0.3, -0.25) is 14.5 Å². The summed E-state index contributed by atoms with van der Waals surface area (Å²) in [5.41, 5.74) is 1.33. The summed E-state index contributed by atoms with van der Waals surface area (Å²) in [5, 5.41) is 13.0. The molecule has 11 heteroatoms. The third kappa shape index (κ3) is 5.93. The van der Waals surface area contributed by atoms with E-state index >= 15 is 0 Å². The van der Waals surface area contributed by atoms with E-state index in [1.807, 2.05) is 0 Å². The number of hydrogen-bond acceptors (Lipinski definition) is 6. The van der Waals surface area contributed by atoms with Gasteiger partial charge in [-0.1, -0.05) is 0 Å². The minimum atomic E-state index is -5.08. The summed E-state index contributed by atoms with van der Waals surface area (Å²) in [6.07, 6.45) is -1.79. The molecule has 0 aliphatic carbocycles. The minimum Gasteiger partial charge on any atom is -0.475 e. The molecular weight excluding hydrogens is 425 g/mol. The highest BCUT2D eigenvalue weighted by Gasteiger charge is 2.45. The van der Waals surface area contributed by atoms with Crippen molar-refractivity contribution in [2.75, 3.05) is 32.8 Å². The molecule has 3 atom stereocenters. The van der Waals surface area contributed by atoms with Crippen LogP contribution in [-0.2, 0) is 25.7 Å². The molecule has 0 aromatic carbocycles. The van der Waals surface area contributed by atoms with Crippen molar-refractivity contribution in [2.24, 2.45) is 11.8 Å². The van der Waals surface area contributed by atoms with Gasteiger partial charge in [-0.05, 0) is 41.7 Å². The lowest BCUT2D eigenvalue weighted by atomic mass is 9.82. The lowest BCUT2D eigenvalue weighted by molar-refractivity contribution is -0.205. The number of thiophene rings is 1. The highest BCUT2D eigenvalue weighted by atomic mass is 32.1. The molecule has 0 saturated carbocycles. The number of fused-ring (bicyclic) bond motifs is 1. The normalized spacial score (nSPS) is 27.2. The number of carbonyl (C=O) groups is 2. The predicted octanol–water partition coefficient (Wildman–Crippen LogP) is 2.77. The first-order valence-electron chi connectivity index (χ1n) is 9.85. The van der Waals surface area contributed by atoms with Crippen LogP contribution in [0.5, 0.6) is 0 Å². The Kier molecular flexibility index (Phi) is 7.72. The smallest absolute Gasteiger partial charge is 0.475 e. The molecule has 0 bridgehead atoms. The summed E-state index contributed by atoms with van der Waals surface area (Å²) in [7, 11) is 0. The topological polar surface area (TPSA) is 79.3 Å². The number of carboxylic acid groups (broad SMARTS) is 1. The zero-order chi connectivity index (χ0) is 21.7. The lowest BCUT2D eigenvalue weighted by Crippen LogP contribution is -2.53. The van der Waals surface area contributed by atoms with Gasteiger partial charge in [-0.15, -0.1) is 0 Å². The summed E-state index contributed by atoms with van der Waals surface area (Å²) in [6, 6.07) is 2.16. The van der Waals surface area contributed by atoms with Crippen molar-refractivity contribution in [1.29, 1.82) is 0 Å². The number of rotatable bonds is 3. The molecule has 3 aliphatic heterocycles. The summed E-state index contributed by atoms with van der Waals surface area (Å²) in [6.45, 7) is 4.84. The summed E-state index contributed by atoms with van der Waals surface area (Å²) in [4.78, 5) is 29.8. The number of amides is 1. The Labute approximate surface area is 176 Å². The van der Waals surface area contributed by atoms with Gasteiger partial charge in [0.05, 0.1) is 18.6 Å². The first kappa shape index (κ1) is 23.0. The Hall–Kier alpha value is -1.69. The van der Waals surface area contributed by atoms with Crippen molar-refractivity contribution < 1.29 is 37.4 Å². The van der Waals surface area contributed by atoms with Crippen LogP contribution in [0.1, 0.15) is 24.8 Å². The van der Waals surface area contributed by atoms with E-state index in [9.17, 15) is 18.0 Å². The fourth-order valence-corrected chi connectivity index (χ4v) is 4.70. The van der Waals surface area contributed by atoms with Crippen LogP contribution in [-0.4, -0.2) is 72.1 Å². The van der Waals surface area contributed by atoms with Crippen LogP contribution in [0.25, 0.3) is 0 Å². The van der Waals surface area contributed by atoms with Crippen molar-refractivity contribution in [3.05, 3.63) is 22.4 Å². The molecule has 0 unspecified atom stereocenters. The molecule has 3 saturated heterocycles. The third-order valence-corrected chi connectivity index (χ3v) is 6.20. The molecule has 4 heterocycles. The average molecular weight is 450 g/mol. The number of carboxylic acids is 1.